The van der Waals surface area contributed by atoms with Gasteiger partial charge in [-0.2, -0.15) is 0 Å². The number of amides is 3. The highest BCUT2D eigenvalue weighted by atomic mass is 16.2. The van der Waals surface area contributed by atoms with Crippen LogP contribution < -0.4 is 16.0 Å². The van der Waals surface area contributed by atoms with Crippen molar-refractivity contribution in [2.45, 2.75) is 83.2 Å². The van der Waals surface area contributed by atoms with Gasteiger partial charge in [-0.15, -0.1) is 0 Å². The number of anilines is 1. The Balaban J connectivity index is 1.22. The van der Waals surface area contributed by atoms with Gasteiger partial charge in [0.25, 0.3) is 0 Å². The highest BCUT2D eigenvalue weighted by Crippen LogP contribution is 2.43. The summed E-state index contributed by atoms with van der Waals surface area (Å²) in [4.78, 5) is 24.8. The van der Waals surface area contributed by atoms with Crippen LogP contribution in [0.5, 0.6) is 0 Å². The molecular weight excluding hydrogens is 362 g/mol. The lowest BCUT2D eigenvalue weighted by Crippen LogP contribution is -2.44. The molecule has 0 bridgehead atoms. The Morgan fingerprint density at radius 1 is 0.897 bits per heavy atom. The molecule has 2 atom stereocenters. The van der Waals surface area contributed by atoms with Crippen molar-refractivity contribution in [1.29, 1.82) is 0 Å². The summed E-state index contributed by atoms with van der Waals surface area (Å²) in [7, 11) is 0. The van der Waals surface area contributed by atoms with Gasteiger partial charge in [-0.1, -0.05) is 44.2 Å². The minimum Gasteiger partial charge on any atom is -0.335 e. The summed E-state index contributed by atoms with van der Waals surface area (Å²) in [5, 5.41) is 9.22. The fraction of sp³-hybridized carbons (Fsp3) is 0.667. The molecule has 0 unspecified atom stereocenters. The summed E-state index contributed by atoms with van der Waals surface area (Å²) in [6.07, 6.45) is 13.1. The van der Waals surface area contributed by atoms with E-state index >= 15 is 0 Å². The molecule has 0 radical (unpaired) electrons. The van der Waals surface area contributed by atoms with Gasteiger partial charge in [0.15, 0.2) is 0 Å². The molecule has 3 N–H and O–H groups in total. The maximum Gasteiger partial charge on any atom is 0.315 e. The lowest BCUT2D eigenvalue weighted by molar-refractivity contribution is -0.120. The molecule has 0 aromatic heterocycles. The van der Waals surface area contributed by atoms with Crippen molar-refractivity contribution >= 4 is 17.6 Å². The van der Waals surface area contributed by atoms with Crippen LogP contribution in [0.4, 0.5) is 10.5 Å². The molecule has 3 amide bonds. The highest BCUT2D eigenvalue weighted by Gasteiger charge is 2.35. The Hall–Kier alpha value is -2.04. The van der Waals surface area contributed by atoms with E-state index in [1.54, 1.807) is 0 Å². The first-order valence-corrected chi connectivity index (χ1v) is 11.6. The molecule has 0 spiro atoms. The van der Waals surface area contributed by atoms with E-state index in [4.69, 9.17) is 0 Å². The second-order valence-electron chi connectivity index (χ2n) is 9.31. The third-order valence-electron chi connectivity index (χ3n) is 6.96. The van der Waals surface area contributed by atoms with Crippen LogP contribution in [0.1, 0.15) is 76.2 Å². The van der Waals surface area contributed by atoms with Gasteiger partial charge in [0, 0.05) is 24.2 Å². The van der Waals surface area contributed by atoms with Gasteiger partial charge in [-0.05, 0) is 68.1 Å². The third-order valence-corrected chi connectivity index (χ3v) is 6.96. The van der Waals surface area contributed by atoms with Gasteiger partial charge in [-0.3, -0.25) is 4.79 Å². The molecule has 0 heterocycles. The normalized spacial score (nSPS) is 25.2. The quantitative estimate of drug-likeness (QED) is 0.634. The van der Waals surface area contributed by atoms with Crippen molar-refractivity contribution in [3.63, 3.8) is 0 Å². The molecule has 3 aliphatic carbocycles. The molecule has 1 aromatic rings. The number of hydrogen-bond acceptors (Lipinski definition) is 2. The molecule has 0 aliphatic heterocycles. The van der Waals surface area contributed by atoms with E-state index in [0.717, 1.165) is 61.6 Å². The van der Waals surface area contributed by atoms with Gasteiger partial charge in [0.2, 0.25) is 5.91 Å². The smallest absolute Gasteiger partial charge is 0.315 e. The number of urea groups is 1. The van der Waals surface area contributed by atoms with Gasteiger partial charge in [-0.25, -0.2) is 4.79 Å². The maximum absolute atomic E-state index is 12.5. The van der Waals surface area contributed by atoms with E-state index in [-0.39, 0.29) is 17.9 Å². The van der Waals surface area contributed by atoms with Crippen LogP contribution in [0.15, 0.2) is 24.3 Å². The Bertz CT molecular complexity index is 710. The first kappa shape index (κ1) is 20.2. The van der Waals surface area contributed by atoms with Crippen LogP contribution in [0.2, 0.25) is 0 Å². The molecule has 4 rings (SSSR count). The van der Waals surface area contributed by atoms with E-state index in [0.29, 0.717) is 12.6 Å². The van der Waals surface area contributed by atoms with Gasteiger partial charge >= 0.3 is 6.03 Å². The predicted octanol–water partition coefficient (Wildman–Crippen LogP) is 4.97. The predicted molar refractivity (Wildman–Crippen MR) is 115 cm³/mol. The monoisotopic (exact) mass is 397 g/mol. The third kappa shape index (κ3) is 5.97. The topological polar surface area (TPSA) is 70.2 Å². The van der Waals surface area contributed by atoms with Crippen LogP contribution in [-0.4, -0.2) is 18.0 Å². The number of carbonyl (C=O) groups is 2. The average Bonchev–Trinajstić information content (AvgIpc) is 3.59. The van der Waals surface area contributed by atoms with Crippen molar-refractivity contribution in [3.8, 4) is 0 Å². The Morgan fingerprint density at radius 2 is 1.72 bits per heavy atom. The van der Waals surface area contributed by atoms with E-state index in [1.165, 1.54) is 32.1 Å². The van der Waals surface area contributed by atoms with Gasteiger partial charge < -0.3 is 16.0 Å². The number of rotatable bonds is 6. The Labute approximate surface area is 174 Å². The Kier molecular flexibility index (Phi) is 6.73. The zero-order chi connectivity index (χ0) is 20.1. The molecule has 29 heavy (non-hydrogen) atoms. The summed E-state index contributed by atoms with van der Waals surface area (Å²) >= 11 is 0. The van der Waals surface area contributed by atoms with Crippen LogP contribution >= 0.6 is 0 Å². The Morgan fingerprint density at radius 3 is 2.52 bits per heavy atom. The number of nitrogens with one attached hydrogen (secondary N) is 3. The van der Waals surface area contributed by atoms with E-state index in [2.05, 4.69) is 16.0 Å². The standard InChI is InChI=1S/C24H35N3O2/c28-23(19-7-2-1-3-8-19)26-21-10-4-6-17(14-21)16-25-24(29)27-22-11-5-9-20(15-22)18-12-13-18/h4,6,10,14,18-20,22H,1-3,5,7-9,11-13,15-16H2,(H,26,28)(H2,25,27,29)/t20-,22+/m0/s1. The summed E-state index contributed by atoms with van der Waals surface area (Å²) in [6, 6.07) is 8.04. The molecule has 5 nitrogen and oxygen atoms in total. The SMILES string of the molecule is O=C(NCc1cccc(NC(=O)C2CCCCC2)c1)N[C@@H]1CCC[C@H](C2CC2)C1. The molecule has 3 fully saturated rings. The molecule has 0 saturated heterocycles. The molecular formula is C24H35N3O2. The van der Waals surface area contributed by atoms with Crippen LogP contribution in [0.3, 0.4) is 0 Å². The second kappa shape index (κ2) is 9.64. The summed E-state index contributed by atoms with van der Waals surface area (Å²) in [5.74, 6) is 2.02. The lowest BCUT2D eigenvalue weighted by Gasteiger charge is -2.29. The van der Waals surface area contributed by atoms with E-state index in [9.17, 15) is 9.59 Å². The van der Waals surface area contributed by atoms with Crippen LogP contribution in [0, 0.1) is 17.8 Å². The van der Waals surface area contributed by atoms with Crippen molar-refractivity contribution in [2.24, 2.45) is 17.8 Å². The number of hydrogen-bond donors (Lipinski definition) is 3. The van der Waals surface area contributed by atoms with E-state index in [1.807, 2.05) is 24.3 Å². The number of benzene rings is 1. The van der Waals surface area contributed by atoms with Crippen molar-refractivity contribution in [2.75, 3.05) is 5.32 Å². The number of carbonyl (C=O) groups excluding carboxylic acids is 2. The first-order chi connectivity index (χ1) is 14.2. The van der Waals surface area contributed by atoms with Gasteiger partial charge in [0.05, 0.1) is 0 Å². The summed E-state index contributed by atoms with van der Waals surface area (Å²) in [5.41, 5.74) is 1.82. The molecule has 3 aliphatic rings. The fourth-order valence-corrected chi connectivity index (χ4v) is 5.14. The lowest BCUT2D eigenvalue weighted by atomic mass is 9.83. The van der Waals surface area contributed by atoms with Crippen LogP contribution in [0.25, 0.3) is 0 Å². The largest absolute Gasteiger partial charge is 0.335 e. The minimum atomic E-state index is -0.0805. The van der Waals surface area contributed by atoms with E-state index < -0.39 is 0 Å². The van der Waals surface area contributed by atoms with Gasteiger partial charge in [0.1, 0.15) is 0 Å². The van der Waals surface area contributed by atoms with Crippen molar-refractivity contribution in [3.05, 3.63) is 29.8 Å². The molecule has 158 valence electrons. The molecule has 5 heteroatoms. The van der Waals surface area contributed by atoms with Crippen molar-refractivity contribution < 1.29 is 9.59 Å². The van der Waals surface area contributed by atoms with Crippen LogP contribution in [-0.2, 0) is 11.3 Å². The fourth-order valence-electron chi connectivity index (χ4n) is 5.14. The summed E-state index contributed by atoms with van der Waals surface area (Å²) < 4.78 is 0. The zero-order valence-corrected chi connectivity index (χ0v) is 17.4. The summed E-state index contributed by atoms with van der Waals surface area (Å²) in [6.45, 7) is 0.470. The second-order valence-corrected chi connectivity index (χ2v) is 9.31. The minimum absolute atomic E-state index is 0.0805. The highest BCUT2D eigenvalue weighted by molar-refractivity contribution is 5.92. The van der Waals surface area contributed by atoms with Crippen molar-refractivity contribution in [1.82, 2.24) is 10.6 Å². The zero-order valence-electron chi connectivity index (χ0n) is 17.4. The molecule has 1 aromatic carbocycles. The first-order valence-electron chi connectivity index (χ1n) is 11.6. The maximum atomic E-state index is 12.5. The molecule has 3 saturated carbocycles. The average molecular weight is 398 g/mol.